The lowest BCUT2D eigenvalue weighted by atomic mass is 10.2. The molecule has 6 nitrogen and oxygen atoms in total. The minimum Gasteiger partial charge on any atom is -0.396 e. The number of nitrogens with one attached hydrogen (secondary N) is 1. The molecule has 1 aromatic carbocycles. The quantitative estimate of drug-likeness (QED) is 0.844. The van der Waals surface area contributed by atoms with Crippen LogP contribution in [0.15, 0.2) is 18.5 Å². The Kier molecular flexibility index (Phi) is 3.92. The molecule has 0 aliphatic carbocycles. The SMILES string of the molecule is Cn1cnnc1CNC(=O)c1cc(Cl)c(N)c(Cl)c1. The van der Waals surface area contributed by atoms with Gasteiger partial charge in [0.15, 0.2) is 5.82 Å². The number of carbonyl (C=O) groups excluding carboxylic acids is 1. The van der Waals surface area contributed by atoms with E-state index in [9.17, 15) is 4.79 Å². The Morgan fingerprint density at radius 1 is 1.42 bits per heavy atom. The number of hydrogen-bond donors (Lipinski definition) is 2. The molecule has 0 unspecified atom stereocenters. The Morgan fingerprint density at radius 3 is 2.58 bits per heavy atom. The van der Waals surface area contributed by atoms with Crippen molar-refractivity contribution in [3.05, 3.63) is 39.9 Å². The number of halogens is 2. The van der Waals surface area contributed by atoms with Crippen molar-refractivity contribution >= 4 is 34.8 Å². The minimum atomic E-state index is -0.313. The van der Waals surface area contributed by atoms with Gasteiger partial charge in [-0.1, -0.05) is 23.2 Å². The van der Waals surface area contributed by atoms with Gasteiger partial charge in [0, 0.05) is 12.6 Å². The molecule has 8 heteroatoms. The molecule has 0 atom stereocenters. The first-order valence-corrected chi connectivity index (χ1v) is 6.10. The second-order valence-corrected chi connectivity index (χ2v) is 4.71. The second kappa shape index (κ2) is 5.46. The molecular weight excluding hydrogens is 289 g/mol. The summed E-state index contributed by atoms with van der Waals surface area (Å²) in [6.07, 6.45) is 1.55. The van der Waals surface area contributed by atoms with Gasteiger partial charge < -0.3 is 15.6 Å². The molecule has 19 heavy (non-hydrogen) atoms. The topological polar surface area (TPSA) is 85.8 Å². The Hall–Kier alpha value is -1.79. The molecule has 0 fully saturated rings. The van der Waals surface area contributed by atoms with Crippen LogP contribution in [0.4, 0.5) is 5.69 Å². The van der Waals surface area contributed by atoms with E-state index in [0.29, 0.717) is 11.4 Å². The molecule has 3 N–H and O–H groups in total. The van der Waals surface area contributed by atoms with Gasteiger partial charge in [0.2, 0.25) is 0 Å². The molecule has 0 aliphatic heterocycles. The lowest BCUT2D eigenvalue weighted by Gasteiger charge is -2.07. The summed E-state index contributed by atoms with van der Waals surface area (Å²) in [6, 6.07) is 2.93. The average molecular weight is 300 g/mol. The molecular formula is C11H11Cl2N5O. The van der Waals surface area contributed by atoms with Crippen molar-refractivity contribution in [3.8, 4) is 0 Å². The summed E-state index contributed by atoms with van der Waals surface area (Å²) in [5, 5.41) is 10.8. The summed E-state index contributed by atoms with van der Waals surface area (Å²) < 4.78 is 1.71. The van der Waals surface area contributed by atoms with E-state index in [2.05, 4.69) is 15.5 Å². The molecule has 0 radical (unpaired) electrons. The zero-order valence-electron chi connectivity index (χ0n) is 10.0. The first-order chi connectivity index (χ1) is 8.99. The fourth-order valence-corrected chi connectivity index (χ4v) is 1.93. The van der Waals surface area contributed by atoms with Crippen molar-refractivity contribution in [1.82, 2.24) is 20.1 Å². The zero-order valence-corrected chi connectivity index (χ0v) is 11.5. The van der Waals surface area contributed by atoms with Crippen LogP contribution in [0.2, 0.25) is 10.0 Å². The van der Waals surface area contributed by atoms with Crippen LogP contribution in [0.3, 0.4) is 0 Å². The van der Waals surface area contributed by atoms with Crippen LogP contribution < -0.4 is 11.1 Å². The number of benzene rings is 1. The highest BCUT2D eigenvalue weighted by Gasteiger charge is 2.12. The van der Waals surface area contributed by atoms with Gasteiger partial charge in [-0.25, -0.2) is 0 Å². The normalized spacial score (nSPS) is 10.5. The van der Waals surface area contributed by atoms with E-state index in [1.807, 2.05) is 0 Å². The van der Waals surface area contributed by atoms with E-state index in [-0.39, 0.29) is 28.2 Å². The number of aromatic nitrogens is 3. The van der Waals surface area contributed by atoms with Gasteiger partial charge in [-0.2, -0.15) is 0 Å². The smallest absolute Gasteiger partial charge is 0.251 e. The summed E-state index contributed by atoms with van der Waals surface area (Å²) in [7, 11) is 1.79. The largest absolute Gasteiger partial charge is 0.396 e. The molecule has 1 heterocycles. The number of hydrogen-bond acceptors (Lipinski definition) is 4. The maximum atomic E-state index is 11.9. The lowest BCUT2D eigenvalue weighted by molar-refractivity contribution is 0.0949. The number of amides is 1. The van der Waals surface area contributed by atoms with Crippen LogP contribution in [-0.4, -0.2) is 20.7 Å². The number of aryl methyl sites for hydroxylation is 1. The van der Waals surface area contributed by atoms with Gasteiger partial charge in [-0.15, -0.1) is 10.2 Å². The minimum absolute atomic E-state index is 0.247. The predicted molar refractivity (Wildman–Crippen MR) is 73.0 cm³/mol. The van der Waals surface area contributed by atoms with Crippen molar-refractivity contribution in [3.63, 3.8) is 0 Å². The highest BCUT2D eigenvalue weighted by Crippen LogP contribution is 2.28. The Morgan fingerprint density at radius 2 is 2.05 bits per heavy atom. The molecule has 0 bridgehead atoms. The first-order valence-electron chi connectivity index (χ1n) is 5.34. The molecule has 0 saturated carbocycles. The van der Waals surface area contributed by atoms with Crippen LogP contribution in [-0.2, 0) is 13.6 Å². The van der Waals surface area contributed by atoms with Crippen molar-refractivity contribution in [2.75, 3.05) is 5.73 Å². The third kappa shape index (κ3) is 2.97. The molecule has 0 spiro atoms. The fourth-order valence-electron chi connectivity index (χ4n) is 1.44. The zero-order chi connectivity index (χ0) is 14.0. The number of anilines is 1. The lowest BCUT2D eigenvalue weighted by Crippen LogP contribution is -2.24. The van der Waals surface area contributed by atoms with Crippen LogP contribution in [0.1, 0.15) is 16.2 Å². The fraction of sp³-hybridized carbons (Fsp3) is 0.182. The van der Waals surface area contributed by atoms with E-state index < -0.39 is 0 Å². The second-order valence-electron chi connectivity index (χ2n) is 3.89. The van der Waals surface area contributed by atoms with Crippen LogP contribution in [0, 0.1) is 0 Å². The number of nitrogen functional groups attached to an aromatic ring is 1. The molecule has 1 amide bonds. The highest BCUT2D eigenvalue weighted by atomic mass is 35.5. The van der Waals surface area contributed by atoms with E-state index in [4.69, 9.17) is 28.9 Å². The number of nitrogens with zero attached hydrogens (tertiary/aromatic N) is 3. The third-order valence-corrected chi connectivity index (χ3v) is 3.18. The Bertz CT molecular complexity index is 602. The van der Waals surface area contributed by atoms with Gasteiger partial charge >= 0.3 is 0 Å². The van der Waals surface area contributed by atoms with Crippen molar-refractivity contribution in [2.24, 2.45) is 7.05 Å². The molecule has 0 aliphatic rings. The van der Waals surface area contributed by atoms with E-state index in [0.717, 1.165) is 0 Å². The Balaban J connectivity index is 2.10. The Labute approximate surface area is 119 Å². The third-order valence-electron chi connectivity index (χ3n) is 2.55. The monoisotopic (exact) mass is 299 g/mol. The van der Waals surface area contributed by atoms with Gasteiger partial charge in [0.05, 0.1) is 22.3 Å². The summed E-state index contributed by atoms with van der Waals surface area (Å²) in [4.78, 5) is 11.9. The van der Waals surface area contributed by atoms with Crippen LogP contribution in [0.5, 0.6) is 0 Å². The van der Waals surface area contributed by atoms with Crippen molar-refractivity contribution in [1.29, 1.82) is 0 Å². The van der Waals surface area contributed by atoms with Crippen LogP contribution >= 0.6 is 23.2 Å². The van der Waals surface area contributed by atoms with Gasteiger partial charge in [0.25, 0.3) is 5.91 Å². The van der Waals surface area contributed by atoms with E-state index >= 15 is 0 Å². The maximum absolute atomic E-state index is 11.9. The van der Waals surface area contributed by atoms with Gasteiger partial charge in [-0.05, 0) is 12.1 Å². The van der Waals surface area contributed by atoms with Crippen molar-refractivity contribution < 1.29 is 4.79 Å². The highest BCUT2D eigenvalue weighted by molar-refractivity contribution is 6.39. The number of rotatable bonds is 3. The number of carbonyl (C=O) groups is 1. The molecule has 100 valence electrons. The van der Waals surface area contributed by atoms with E-state index in [1.165, 1.54) is 12.1 Å². The molecule has 1 aromatic heterocycles. The average Bonchev–Trinajstić information content (AvgIpc) is 2.78. The van der Waals surface area contributed by atoms with Gasteiger partial charge in [-0.3, -0.25) is 4.79 Å². The number of nitrogens with two attached hydrogens (primary N) is 1. The summed E-state index contributed by atoms with van der Waals surface area (Å²) >= 11 is 11.7. The summed E-state index contributed by atoms with van der Waals surface area (Å²) in [5.41, 5.74) is 6.20. The van der Waals surface area contributed by atoms with E-state index in [1.54, 1.807) is 17.9 Å². The predicted octanol–water partition coefficient (Wildman–Crippen LogP) is 1.63. The van der Waals surface area contributed by atoms with Crippen LogP contribution in [0.25, 0.3) is 0 Å². The molecule has 2 rings (SSSR count). The maximum Gasteiger partial charge on any atom is 0.251 e. The molecule has 0 saturated heterocycles. The first kappa shape index (κ1) is 13.6. The summed E-state index contributed by atoms with van der Waals surface area (Å²) in [5.74, 6) is 0.327. The molecule has 2 aromatic rings. The summed E-state index contributed by atoms with van der Waals surface area (Å²) in [6.45, 7) is 0.259. The standard InChI is InChI=1S/C11H11Cl2N5O/c1-18-5-16-17-9(18)4-15-11(19)6-2-7(12)10(14)8(13)3-6/h2-3,5H,4,14H2,1H3,(H,15,19). The van der Waals surface area contributed by atoms with Gasteiger partial charge in [0.1, 0.15) is 6.33 Å². The van der Waals surface area contributed by atoms with Crippen molar-refractivity contribution in [2.45, 2.75) is 6.54 Å².